The van der Waals surface area contributed by atoms with Crippen LogP contribution in [0.25, 0.3) is 0 Å². The molecule has 102 valence electrons. The van der Waals surface area contributed by atoms with Gasteiger partial charge in [-0.05, 0) is 37.5 Å². The SMILES string of the molecule is COc1cccc(CNCCCCCCSC)n1. The molecule has 1 rings (SSSR count). The topological polar surface area (TPSA) is 34.1 Å². The van der Waals surface area contributed by atoms with E-state index in [1.165, 1.54) is 31.4 Å². The molecule has 0 aliphatic rings. The second kappa shape index (κ2) is 10.2. The van der Waals surface area contributed by atoms with Gasteiger partial charge in [-0.15, -0.1) is 0 Å². The molecule has 0 unspecified atom stereocenters. The van der Waals surface area contributed by atoms with Gasteiger partial charge in [0.2, 0.25) is 5.88 Å². The Hall–Kier alpha value is -0.740. The summed E-state index contributed by atoms with van der Waals surface area (Å²) in [5, 5.41) is 3.42. The van der Waals surface area contributed by atoms with Gasteiger partial charge < -0.3 is 10.1 Å². The molecule has 1 aromatic rings. The van der Waals surface area contributed by atoms with Gasteiger partial charge in [0, 0.05) is 12.6 Å². The summed E-state index contributed by atoms with van der Waals surface area (Å²) in [6.45, 7) is 1.89. The molecule has 0 radical (unpaired) electrons. The predicted molar refractivity (Wildman–Crippen MR) is 79.3 cm³/mol. The number of rotatable bonds is 10. The number of pyridine rings is 1. The van der Waals surface area contributed by atoms with Gasteiger partial charge in [-0.3, -0.25) is 0 Å². The molecule has 0 aromatic carbocycles. The molecule has 18 heavy (non-hydrogen) atoms. The number of nitrogens with zero attached hydrogens (tertiary/aromatic N) is 1. The Morgan fingerprint density at radius 2 is 2.06 bits per heavy atom. The Kier molecular flexibility index (Phi) is 8.69. The number of unbranched alkanes of at least 4 members (excludes halogenated alkanes) is 3. The number of hydrogen-bond acceptors (Lipinski definition) is 4. The Morgan fingerprint density at radius 1 is 1.22 bits per heavy atom. The molecule has 1 N–H and O–H groups in total. The van der Waals surface area contributed by atoms with Crippen LogP contribution in [0.4, 0.5) is 0 Å². The first-order chi connectivity index (χ1) is 8.86. The zero-order valence-corrected chi connectivity index (χ0v) is 12.3. The van der Waals surface area contributed by atoms with E-state index in [0.717, 1.165) is 18.8 Å². The Balaban J connectivity index is 2.03. The van der Waals surface area contributed by atoms with Crippen molar-refractivity contribution in [2.24, 2.45) is 0 Å². The largest absolute Gasteiger partial charge is 0.481 e. The summed E-state index contributed by atoms with van der Waals surface area (Å²) < 4.78 is 5.10. The van der Waals surface area contributed by atoms with Crippen molar-refractivity contribution in [3.63, 3.8) is 0 Å². The van der Waals surface area contributed by atoms with Crippen LogP contribution in [0.5, 0.6) is 5.88 Å². The Bertz CT molecular complexity index is 320. The lowest BCUT2D eigenvalue weighted by molar-refractivity contribution is 0.395. The molecule has 0 amide bonds. The van der Waals surface area contributed by atoms with Crippen molar-refractivity contribution in [1.82, 2.24) is 10.3 Å². The van der Waals surface area contributed by atoms with Crippen molar-refractivity contribution in [2.75, 3.05) is 25.7 Å². The molecule has 0 saturated carbocycles. The van der Waals surface area contributed by atoms with E-state index in [4.69, 9.17) is 4.74 Å². The van der Waals surface area contributed by atoms with Crippen LogP contribution in [-0.4, -0.2) is 30.6 Å². The summed E-state index contributed by atoms with van der Waals surface area (Å²) in [5.74, 6) is 1.98. The van der Waals surface area contributed by atoms with Gasteiger partial charge in [-0.25, -0.2) is 4.98 Å². The maximum Gasteiger partial charge on any atom is 0.213 e. The number of nitrogens with one attached hydrogen (secondary N) is 1. The second-order valence-corrected chi connectivity index (χ2v) is 5.24. The first kappa shape index (κ1) is 15.3. The number of ether oxygens (including phenoxy) is 1. The molecule has 0 saturated heterocycles. The highest BCUT2D eigenvalue weighted by molar-refractivity contribution is 7.98. The summed E-state index contributed by atoms with van der Waals surface area (Å²) in [4.78, 5) is 4.36. The van der Waals surface area contributed by atoms with Gasteiger partial charge in [-0.1, -0.05) is 18.9 Å². The summed E-state index contributed by atoms with van der Waals surface area (Å²) in [6, 6.07) is 5.87. The third kappa shape index (κ3) is 6.87. The predicted octanol–water partition coefficient (Wildman–Crippen LogP) is 3.10. The van der Waals surface area contributed by atoms with Crippen LogP contribution in [0.15, 0.2) is 18.2 Å². The summed E-state index contributed by atoms with van der Waals surface area (Å²) in [6.07, 6.45) is 7.43. The third-order valence-corrected chi connectivity index (χ3v) is 3.45. The van der Waals surface area contributed by atoms with Crippen molar-refractivity contribution in [3.8, 4) is 5.88 Å². The molecular weight excluding hydrogens is 244 g/mol. The lowest BCUT2D eigenvalue weighted by atomic mass is 10.2. The van der Waals surface area contributed by atoms with Gasteiger partial charge in [0.25, 0.3) is 0 Å². The van der Waals surface area contributed by atoms with Crippen molar-refractivity contribution >= 4 is 11.8 Å². The van der Waals surface area contributed by atoms with Gasteiger partial charge in [-0.2, -0.15) is 11.8 Å². The second-order valence-electron chi connectivity index (χ2n) is 4.26. The fourth-order valence-corrected chi connectivity index (χ4v) is 2.23. The number of thioether (sulfide) groups is 1. The molecule has 0 aliphatic heterocycles. The van der Waals surface area contributed by atoms with Gasteiger partial charge in [0.15, 0.2) is 0 Å². The van der Waals surface area contributed by atoms with E-state index in [1.54, 1.807) is 7.11 Å². The van der Waals surface area contributed by atoms with Crippen LogP contribution in [0, 0.1) is 0 Å². The van der Waals surface area contributed by atoms with Crippen LogP contribution < -0.4 is 10.1 Å². The average Bonchev–Trinajstić information content (AvgIpc) is 2.42. The molecule has 4 heteroatoms. The van der Waals surface area contributed by atoms with E-state index in [0.29, 0.717) is 5.88 Å². The molecule has 1 aromatic heterocycles. The Morgan fingerprint density at radius 3 is 2.83 bits per heavy atom. The molecule has 1 heterocycles. The van der Waals surface area contributed by atoms with E-state index >= 15 is 0 Å². The first-order valence-corrected chi connectivity index (χ1v) is 7.96. The molecule has 3 nitrogen and oxygen atoms in total. The molecule has 0 fully saturated rings. The molecule has 0 atom stereocenters. The van der Waals surface area contributed by atoms with E-state index in [2.05, 4.69) is 16.6 Å². The minimum absolute atomic E-state index is 0.686. The molecule has 0 bridgehead atoms. The van der Waals surface area contributed by atoms with Gasteiger partial charge >= 0.3 is 0 Å². The van der Waals surface area contributed by atoms with Crippen LogP contribution in [-0.2, 0) is 6.54 Å². The zero-order valence-electron chi connectivity index (χ0n) is 11.4. The smallest absolute Gasteiger partial charge is 0.213 e. The summed E-state index contributed by atoms with van der Waals surface area (Å²) in [5.41, 5.74) is 1.04. The summed E-state index contributed by atoms with van der Waals surface area (Å²) >= 11 is 1.93. The molecular formula is C14H24N2OS. The Labute approximate surface area is 115 Å². The minimum atomic E-state index is 0.686. The standard InChI is InChI=1S/C14H24N2OS/c1-17-14-9-7-8-13(16-14)12-15-10-5-3-4-6-11-18-2/h7-9,15H,3-6,10-12H2,1-2H3. The van der Waals surface area contributed by atoms with Crippen LogP contribution in [0.1, 0.15) is 31.4 Å². The maximum absolute atomic E-state index is 5.10. The quantitative estimate of drug-likeness (QED) is 0.661. The fraction of sp³-hybridized carbons (Fsp3) is 0.643. The van der Waals surface area contributed by atoms with Crippen molar-refractivity contribution < 1.29 is 4.74 Å². The van der Waals surface area contributed by atoms with E-state index < -0.39 is 0 Å². The van der Waals surface area contributed by atoms with Gasteiger partial charge in [0.1, 0.15) is 0 Å². The normalized spacial score (nSPS) is 10.6. The van der Waals surface area contributed by atoms with Crippen molar-refractivity contribution in [3.05, 3.63) is 23.9 Å². The fourth-order valence-electron chi connectivity index (χ4n) is 1.74. The monoisotopic (exact) mass is 268 g/mol. The highest BCUT2D eigenvalue weighted by atomic mass is 32.2. The first-order valence-electron chi connectivity index (χ1n) is 6.56. The highest BCUT2D eigenvalue weighted by Crippen LogP contribution is 2.06. The number of methoxy groups -OCH3 is 1. The highest BCUT2D eigenvalue weighted by Gasteiger charge is 1.97. The van der Waals surface area contributed by atoms with Gasteiger partial charge in [0.05, 0.1) is 12.8 Å². The number of aromatic nitrogens is 1. The molecule has 0 aliphatic carbocycles. The average molecular weight is 268 g/mol. The lowest BCUT2D eigenvalue weighted by Gasteiger charge is -2.05. The number of hydrogen-bond donors (Lipinski definition) is 1. The van der Waals surface area contributed by atoms with Crippen LogP contribution >= 0.6 is 11.8 Å². The van der Waals surface area contributed by atoms with Crippen molar-refractivity contribution in [1.29, 1.82) is 0 Å². The summed E-state index contributed by atoms with van der Waals surface area (Å²) in [7, 11) is 1.65. The molecule has 0 spiro atoms. The van der Waals surface area contributed by atoms with E-state index in [9.17, 15) is 0 Å². The van der Waals surface area contributed by atoms with Crippen molar-refractivity contribution in [2.45, 2.75) is 32.2 Å². The van der Waals surface area contributed by atoms with Crippen LogP contribution in [0.2, 0.25) is 0 Å². The maximum atomic E-state index is 5.10. The third-order valence-electron chi connectivity index (χ3n) is 2.75. The van der Waals surface area contributed by atoms with E-state index in [-0.39, 0.29) is 0 Å². The minimum Gasteiger partial charge on any atom is -0.481 e. The zero-order chi connectivity index (χ0) is 13.1. The van der Waals surface area contributed by atoms with Crippen LogP contribution in [0.3, 0.4) is 0 Å². The lowest BCUT2D eigenvalue weighted by Crippen LogP contribution is -2.15. The van der Waals surface area contributed by atoms with E-state index in [1.807, 2.05) is 30.0 Å².